The van der Waals surface area contributed by atoms with Gasteiger partial charge < -0.3 is 22.8 Å². The average Bonchev–Trinajstić information content (AvgIpc) is 3.14. The maximum absolute atomic E-state index is 5.76. The molecular formula is C12H26O5Si. The molecule has 1 atom stereocenters. The van der Waals surface area contributed by atoms with E-state index in [0.29, 0.717) is 39.1 Å². The summed E-state index contributed by atoms with van der Waals surface area (Å²) >= 11 is 0. The molecule has 0 spiro atoms. The Kier molecular flexibility index (Phi) is 8.04. The minimum Gasteiger partial charge on any atom is -0.379 e. The van der Waals surface area contributed by atoms with Crippen LogP contribution in [0.3, 0.4) is 0 Å². The quantitative estimate of drug-likeness (QED) is 0.310. The second-order valence-corrected chi connectivity index (χ2v) is 6.85. The Hall–Kier alpha value is 0.0169. The Morgan fingerprint density at radius 1 is 1.06 bits per heavy atom. The number of epoxide rings is 1. The van der Waals surface area contributed by atoms with Gasteiger partial charge in [-0.05, 0) is 27.2 Å². The number of rotatable bonds is 12. The molecule has 1 rings (SSSR count). The van der Waals surface area contributed by atoms with Crippen molar-refractivity contribution in [3.8, 4) is 0 Å². The lowest BCUT2D eigenvalue weighted by atomic mass is 10.5. The molecule has 0 aromatic rings. The molecule has 1 heterocycles. The van der Waals surface area contributed by atoms with Crippen LogP contribution in [0, 0.1) is 0 Å². The first-order chi connectivity index (χ1) is 8.76. The average molecular weight is 278 g/mol. The van der Waals surface area contributed by atoms with Gasteiger partial charge in [0.05, 0.1) is 13.2 Å². The maximum atomic E-state index is 5.76. The van der Waals surface area contributed by atoms with Crippen LogP contribution in [0.4, 0.5) is 0 Å². The zero-order valence-corrected chi connectivity index (χ0v) is 12.8. The smallest absolute Gasteiger partial charge is 0.379 e. The summed E-state index contributed by atoms with van der Waals surface area (Å²) in [6.45, 7) is 10.1. The van der Waals surface area contributed by atoms with Crippen molar-refractivity contribution < 1.29 is 22.8 Å². The molecule has 0 unspecified atom stereocenters. The van der Waals surface area contributed by atoms with Gasteiger partial charge in [-0.3, -0.25) is 0 Å². The van der Waals surface area contributed by atoms with Crippen molar-refractivity contribution in [2.45, 2.75) is 39.3 Å². The van der Waals surface area contributed by atoms with Crippen LogP contribution in [0.2, 0.25) is 6.04 Å². The van der Waals surface area contributed by atoms with Crippen LogP contribution in [0.5, 0.6) is 0 Å². The first-order valence-electron chi connectivity index (χ1n) is 6.87. The number of hydrogen-bond acceptors (Lipinski definition) is 5. The lowest BCUT2D eigenvalue weighted by Crippen LogP contribution is -2.46. The molecule has 108 valence electrons. The lowest BCUT2D eigenvalue weighted by Gasteiger charge is -2.28. The molecule has 0 saturated carbocycles. The topological polar surface area (TPSA) is 49.5 Å². The summed E-state index contributed by atoms with van der Waals surface area (Å²) in [5.74, 6) is 0. The van der Waals surface area contributed by atoms with Crippen LogP contribution in [0.25, 0.3) is 0 Å². The van der Waals surface area contributed by atoms with Gasteiger partial charge in [0.25, 0.3) is 0 Å². The van der Waals surface area contributed by atoms with Crippen molar-refractivity contribution in [2.75, 3.05) is 39.6 Å². The molecule has 0 radical (unpaired) electrons. The van der Waals surface area contributed by atoms with Gasteiger partial charge in [0.1, 0.15) is 6.10 Å². The van der Waals surface area contributed by atoms with Gasteiger partial charge in [-0.15, -0.1) is 0 Å². The fourth-order valence-corrected chi connectivity index (χ4v) is 4.35. The van der Waals surface area contributed by atoms with Gasteiger partial charge in [-0.1, -0.05) is 0 Å². The lowest BCUT2D eigenvalue weighted by molar-refractivity contribution is 0.0648. The highest BCUT2D eigenvalue weighted by molar-refractivity contribution is 6.60. The molecule has 0 amide bonds. The predicted molar refractivity (Wildman–Crippen MR) is 70.6 cm³/mol. The van der Waals surface area contributed by atoms with Gasteiger partial charge in [-0.2, -0.15) is 0 Å². The molecule has 0 aliphatic carbocycles. The third-order valence-corrected chi connectivity index (χ3v) is 5.72. The minimum absolute atomic E-state index is 0.331. The highest BCUT2D eigenvalue weighted by Gasteiger charge is 2.39. The normalized spacial score (nSPS) is 19.2. The minimum atomic E-state index is -2.47. The van der Waals surface area contributed by atoms with Crippen molar-refractivity contribution in [2.24, 2.45) is 0 Å². The van der Waals surface area contributed by atoms with Crippen LogP contribution in [-0.2, 0) is 22.8 Å². The number of hydrogen-bond donors (Lipinski definition) is 0. The molecule has 18 heavy (non-hydrogen) atoms. The summed E-state index contributed by atoms with van der Waals surface area (Å²) in [7, 11) is -2.47. The van der Waals surface area contributed by atoms with Crippen LogP contribution in [-0.4, -0.2) is 54.5 Å². The Morgan fingerprint density at radius 2 is 1.61 bits per heavy atom. The first-order valence-corrected chi connectivity index (χ1v) is 8.80. The highest BCUT2D eigenvalue weighted by atomic mass is 28.4. The monoisotopic (exact) mass is 278 g/mol. The van der Waals surface area contributed by atoms with Gasteiger partial charge in [0.15, 0.2) is 0 Å². The molecule has 5 nitrogen and oxygen atoms in total. The largest absolute Gasteiger partial charge is 0.501 e. The predicted octanol–water partition coefficient (Wildman–Crippen LogP) is 1.84. The van der Waals surface area contributed by atoms with E-state index in [9.17, 15) is 0 Å². The second-order valence-electron chi connectivity index (χ2n) is 4.12. The van der Waals surface area contributed by atoms with E-state index < -0.39 is 8.80 Å². The van der Waals surface area contributed by atoms with E-state index in [4.69, 9.17) is 22.8 Å². The molecule has 0 bridgehead atoms. The molecule has 1 aliphatic heterocycles. The van der Waals surface area contributed by atoms with Crippen molar-refractivity contribution in [1.29, 1.82) is 0 Å². The van der Waals surface area contributed by atoms with Gasteiger partial charge in [-0.25, -0.2) is 0 Å². The van der Waals surface area contributed by atoms with Crippen molar-refractivity contribution >= 4 is 8.80 Å². The van der Waals surface area contributed by atoms with Crippen molar-refractivity contribution in [3.05, 3.63) is 0 Å². The molecule has 6 heteroatoms. The maximum Gasteiger partial charge on any atom is 0.501 e. The molecule has 1 saturated heterocycles. The molecular weight excluding hydrogens is 252 g/mol. The van der Waals surface area contributed by atoms with E-state index in [2.05, 4.69) is 0 Å². The summed E-state index contributed by atoms with van der Waals surface area (Å²) in [4.78, 5) is 0. The van der Waals surface area contributed by atoms with E-state index in [-0.39, 0.29) is 0 Å². The van der Waals surface area contributed by atoms with Gasteiger partial charge in [0, 0.05) is 32.5 Å². The van der Waals surface area contributed by atoms with E-state index >= 15 is 0 Å². The van der Waals surface area contributed by atoms with E-state index in [1.807, 2.05) is 20.8 Å². The summed E-state index contributed by atoms with van der Waals surface area (Å²) in [5.41, 5.74) is 0. The molecule has 1 aliphatic rings. The van der Waals surface area contributed by atoms with Gasteiger partial charge >= 0.3 is 8.80 Å². The molecule has 0 aromatic heterocycles. The Morgan fingerprint density at radius 3 is 2.06 bits per heavy atom. The van der Waals surface area contributed by atoms with Gasteiger partial charge in [0.2, 0.25) is 0 Å². The molecule has 0 N–H and O–H groups in total. The van der Waals surface area contributed by atoms with E-state index in [0.717, 1.165) is 19.1 Å². The highest BCUT2D eigenvalue weighted by Crippen LogP contribution is 2.18. The summed E-state index contributed by atoms with van der Waals surface area (Å²) < 4.78 is 27.9. The molecule has 0 aromatic carbocycles. The second kappa shape index (κ2) is 9.01. The fraction of sp³-hybridized carbons (Fsp3) is 1.00. The third kappa shape index (κ3) is 6.26. The standard InChI is InChI=1S/C12H26O5Si/c1-4-15-18(16-5-2,17-6-3)9-7-8-13-10-12-11-14-12/h12H,4-11H2,1-3H3/t12-/m1/s1. The summed E-state index contributed by atoms with van der Waals surface area (Å²) in [6, 6.07) is 0.814. The number of ether oxygens (including phenoxy) is 2. The first kappa shape index (κ1) is 16.1. The zero-order chi connectivity index (χ0) is 13.3. The summed E-state index contributed by atoms with van der Waals surface area (Å²) in [5, 5.41) is 0. The van der Waals surface area contributed by atoms with Crippen molar-refractivity contribution in [3.63, 3.8) is 0 Å². The van der Waals surface area contributed by atoms with Crippen LogP contribution >= 0.6 is 0 Å². The van der Waals surface area contributed by atoms with Crippen molar-refractivity contribution in [1.82, 2.24) is 0 Å². The zero-order valence-electron chi connectivity index (χ0n) is 11.8. The fourth-order valence-electron chi connectivity index (χ4n) is 1.77. The third-order valence-electron chi connectivity index (χ3n) is 2.57. The van der Waals surface area contributed by atoms with E-state index in [1.165, 1.54) is 0 Å². The van der Waals surface area contributed by atoms with Crippen LogP contribution in [0.1, 0.15) is 27.2 Å². The van der Waals surface area contributed by atoms with Crippen LogP contribution in [0.15, 0.2) is 0 Å². The summed E-state index contributed by atoms with van der Waals surface area (Å²) in [6.07, 6.45) is 1.23. The van der Waals surface area contributed by atoms with Crippen LogP contribution < -0.4 is 0 Å². The Labute approximate surface area is 111 Å². The Balaban J connectivity index is 2.22. The SMILES string of the molecule is CCO[Si](CCCOC[C@@H]1CO1)(OCC)OCC. The Bertz CT molecular complexity index is 194. The van der Waals surface area contributed by atoms with E-state index in [1.54, 1.807) is 0 Å². The molecule has 1 fully saturated rings.